The minimum absolute atomic E-state index is 0.0158. The second kappa shape index (κ2) is 12.2. The van der Waals surface area contributed by atoms with Gasteiger partial charge in [-0.2, -0.15) is 0 Å². The van der Waals surface area contributed by atoms with Gasteiger partial charge in [0, 0.05) is 12.5 Å². The zero-order valence-corrected chi connectivity index (χ0v) is 20.5. The lowest BCUT2D eigenvalue weighted by Gasteiger charge is -2.41. The smallest absolute Gasteiger partial charge is 0.119 e. The molecular formula is C31H39NO2. The SMILES string of the molecule is CCCOc1ccc([C@@](O)(CCc2ccccc2)[C@@H](CN2CCCCC2)c2ccccc2)cc1. The van der Waals surface area contributed by atoms with Gasteiger partial charge in [-0.3, -0.25) is 0 Å². The van der Waals surface area contributed by atoms with Crippen molar-refractivity contribution in [2.75, 3.05) is 26.2 Å². The fourth-order valence-corrected chi connectivity index (χ4v) is 5.18. The summed E-state index contributed by atoms with van der Waals surface area (Å²) in [5, 5.41) is 12.6. The second-order valence-corrected chi connectivity index (χ2v) is 9.61. The maximum atomic E-state index is 12.6. The first kappa shape index (κ1) is 24.5. The van der Waals surface area contributed by atoms with Gasteiger partial charge in [-0.1, -0.05) is 86.1 Å². The maximum Gasteiger partial charge on any atom is 0.119 e. The van der Waals surface area contributed by atoms with E-state index >= 15 is 0 Å². The Morgan fingerprint density at radius 1 is 0.853 bits per heavy atom. The number of ether oxygens (including phenoxy) is 1. The number of rotatable bonds is 11. The summed E-state index contributed by atoms with van der Waals surface area (Å²) in [4.78, 5) is 2.55. The van der Waals surface area contributed by atoms with Crippen LogP contribution in [0.25, 0.3) is 0 Å². The molecule has 1 aliphatic rings. The number of hydrogen-bond acceptors (Lipinski definition) is 3. The minimum Gasteiger partial charge on any atom is -0.494 e. The molecule has 3 aromatic carbocycles. The highest BCUT2D eigenvalue weighted by Gasteiger charge is 2.40. The third kappa shape index (κ3) is 6.28. The third-order valence-corrected chi connectivity index (χ3v) is 7.13. The summed E-state index contributed by atoms with van der Waals surface area (Å²) < 4.78 is 5.83. The topological polar surface area (TPSA) is 32.7 Å². The molecule has 0 aromatic heterocycles. The fourth-order valence-electron chi connectivity index (χ4n) is 5.18. The summed E-state index contributed by atoms with van der Waals surface area (Å²) in [5.74, 6) is 0.848. The molecule has 0 spiro atoms. The van der Waals surface area contributed by atoms with Crippen molar-refractivity contribution in [1.82, 2.24) is 4.90 Å². The van der Waals surface area contributed by atoms with E-state index in [0.717, 1.165) is 43.8 Å². The molecule has 1 aliphatic heterocycles. The van der Waals surface area contributed by atoms with Gasteiger partial charge in [0.2, 0.25) is 0 Å². The lowest BCUT2D eigenvalue weighted by molar-refractivity contribution is -0.0144. The van der Waals surface area contributed by atoms with Crippen molar-refractivity contribution in [3.63, 3.8) is 0 Å². The van der Waals surface area contributed by atoms with Crippen LogP contribution in [-0.2, 0) is 12.0 Å². The Morgan fingerprint density at radius 3 is 2.15 bits per heavy atom. The summed E-state index contributed by atoms with van der Waals surface area (Å²) in [7, 11) is 0. The van der Waals surface area contributed by atoms with Crippen molar-refractivity contribution in [2.24, 2.45) is 0 Å². The molecule has 4 rings (SSSR count). The van der Waals surface area contributed by atoms with Gasteiger partial charge >= 0.3 is 0 Å². The van der Waals surface area contributed by atoms with Crippen LogP contribution in [0.5, 0.6) is 5.75 Å². The van der Waals surface area contributed by atoms with Crippen LogP contribution in [0.4, 0.5) is 0 Å². The normalized spacial score (nSPS) is 17.1. The fraction of sp³-hybridized carbons (Fsp3) is 0.419. The van der Waals surface area contributed by atoms with Crippen LogP contribution in [0.1, 0.15) is 61.6 Å². The minimum atomic E-state index is -0.988. The molecule has 2 atom stereocenters. The predicted molar refractivity (Wildman–Crippen MR) is 140 cm³/mol. The lowest BCUT2D eigenvalue weighted by Crippen LogP contribution is -2.43. The van der Waals surface area contributed by atoms with Gasteiger partial charge in [0.15, 0.2) is 0 Å². The summed E-state index contributed by atoms with van der Waals surface area (Å²) in [6.45, 7) is 5.91. The standard InChI is InChI=1S/C31H39NO2/c1-2-24-34-29-18-16-28(17-19-29)31(33,21-20-26-12-6-3-7-13-26)30(27-14-8-4-9-15-27)25-32-22-10-5-11-23-32/h3-4,6-9,12-19,30,33H,2,5,10-11,20-25H2,1H3/t30-,31-/m0/s1. The number of piperidine rings is 1. The number of nitrogens with zero attached hydrogens (tertiary/aromatic N) is 1. The number of likely N-dealkylation sites (tertiary alicyclic amines) is 1. The van der Waals surface area contributed by atoms with Crippen LogP contribution in [0.3, 0.4) is 0 Å². The van der Waals surface area contributed by atoms with E-state index in [2.05, 4.69) is 78.6 Å². The van der Waals surface area contributed by atoms with E-state index in [1.807, 2.05) is 18.2 Å². The maximum absolute atomic E-state index is 12.6. The van der Waals surface area contributed by atoms with Gasteiger partial charge in [-0.05, 0) is 74.0 Å². The molecule has 0 aliphatic carbocycles. The Balaban J connectivity index is 1.69. The van der Waals surface area contributed by atoms with Gasteiger partial charge in [0.05, 0.1) is 12.2 Å². The molecule has 0 amide bonds. The highest BCUT2D eigenvalue weighted by molar-refractivity contribution is 5.36. The van der Waals surface area contributed by atoms with Crippen LogP contribution in [0.15, 0.2) is 84.9 Å². The Hall–Kier alpha value is -2.62. The Morgan fingerprint density at radius 2 is 1.50 bits per heavy atom. The molecule has 3 aromatic rings. The van der Waals surface area contributed by atoms with Gasteiger partial charge in [-0.25, -0.2) is 0 Å². The van der Waals surface area contributed by atoms with E-state index in [9.17, 15) is 5.11 Å². The van der Waals surface area contributed by atoms with Crippen LogP contribution >= 0.6 is 0 Å². The number of aliphatic hydroxyl groups is 1. The van der Waals surface area contributed by atoms with Crippen molar-refractivity contribution in [2.45, 2.75) is 57.0 Å². The third-order valence-electron chi connectivity index (χ3n) is 7.13. The number of benzene rings is 3. The van der Waals surface area contributed by atoms with Gasteiger partial charge in [0.1, 0.15) is 5.75 Å². The first-order valence-electron chi connectivity index (χ1n) is 13.0. The molecule has 0 saturated carbocycles. The first-order chi connectivity index (χ1) is 16.7. The summed E-state index contributed by atoms with van der Waals surface area (Å²) >= 11 is 0. The quantitative estimate of drug-likeness (QED) is 0.354. The highest BCUT2D eigenvalue weighted by Crippen LogP contribution is 2.42. The molecule has 1 saturated heterocycles. The monoisotopic (exact) mass is 457 g/mol. The summed E-state index contributed by atoms with van der Waals surface area (Å²) in [5.41, 5.74) is 2.44. The molecule has 1 heterocycles. The zero-order valence-electron chi connectivity index (χ0n) is 20.5. The predicted octanol–water partition coefficient (Wildman–Crippen LogP) is 6.57. The van der Waals surface area contributed by atoms with E-state index in [0.29, 0.717) is 13.0 Å². The molecule has 0 bridgehead atoms. The van der Waals surface area contributed by atoms with Gasteiger partial charge < -0.3 is 14.7 Å². The molecule has 3 nitrogen and oxygen atoms in total. The van der Waals surface area contributed by atoms with Crippen molar-refractivity contribution >= 4 is 0 Å². The molecule has 34 heavy (non-hydrogen) atoms. The Labute approximate surface area is 205 Å². The average Bonchev–Trinajstić information content (AvgIpc) is 2.91. The van der Waals surface area contributed by atoms with Crippen LogP contribution in [0.2, 0.25) is 0 Å². The van der Waals surface area contributed by atoms with Crippen LogP contribution in [-0.4, -0.2) is 36.2 Å². The van der Waals surface area contributed by atoms with Crippen molar-refractivity contribution < 1.29 is 9.84 Å². The van der Waals surface area contributed by atoms with E-state index in [-0.39, 0.29) is 5.92 Å². The van der Waals surface area contributed by atoms with E-state index in [1.165, 1.54) is 30.4 Å². The Kier molecular flexibility index (Phi) is 8.79. The van der Waals surface area contributed by atoms with Crippen molar-refractivity contribution in [3.8, 4) is 5.75 Å². The van der Waals surface area contributed by atoms with Gasteiger partial charge in [0.25, 0.3) is 0 Å². The van der Waals surface area contributed by atoms with Gasteiger partial charge in [-0.15, -0.1) is 0 Å². The average molecular weight is 458 g/mol. The lowest BCUT2D eigenvalue weighted by atomic mass is 9.73. The molecule has 0 unspecified atom stereocenters. The van der Waals surface area contributed by atoms with Crippen LogP contribution in [0, 0.1) is 0 Å². The number of hydrogen-bond donors (Lipinski definition) is 1. The summed E-state index contributed by atoms with van der Waals surface area (Å²) in [6.07, 6.45) is 6.27. The molecule has 180 valence electrons. The van der Waals surface area contributed by atoms with E-state index in [1.54, 1.807) is 0 Å². The van der Waals surface area contributed by atoms with Crippen LogP contribution < -0.4 is 4.74 Å². The summed E-state index contributed by atoms with van der Waals surface area (Å²) in [6, 6.07) is 29.3. The molecule has 1 N–H and O–H groups in total. The first-order valence-corrected chi connectivity index (χ1v) is 13.0. The van der Waals surface area contributed by atoms with E-state index in [4.69, 9.17) is 4.74 Å². The Bertz CT molecular complexity index is 967. The highest BCUT2D eigenvalue weighted by atomic mass is 16.5. The molecule has 1 fully saturated rings. The molecule has 3 heteroatoms. The largest absolute Gasteiger partial charge is 0.494 e. The zero-order chi connectivity index (χ0) is 23.6. The van der Waals surface area contributed by atoms with Crippen molar-refractivity contribution in [1.29, 1.82) is 0 Å². The molecule has 0 radical (unpaired) electrons. The molecular weight excluding hydrogens is 418 g/mol. The van der Waals surface area contributed by atoms with E-state index < -0.39 is 5.60 Å². The number of aryl methyl sites for hydroxylation is 1. The second-order valence-electron chi connectivity index (χ2n) is 9.61. The van der Waals surface area contributed by atoms with Crippen molar-refractivity contribution in [3.05, 3.63) is 102 Å².